The zero-order valence-corrected chi connectivity index (χ0v) is 16.3. The van der Waals surface area contributed by atoms with Crippen molar-refractivity contribution in [1.82, 2.24) is 0 Å². The predicted octanol–water partition coefficient (Wildman–Crippen LogP) is 7.10. The summed E-state index contributed by atoms with van der Waals surface area (Å²) in [5.74, 6) is 0. The highest BCUT2D eigenvalue weighted by molar-refractivity contribution is 6.69. The molecule has 0 bridgehead atoms. The van der Waals surface area contributed by atoms with Crippen LogP contribution in [0.1, 0.15) is 84.0 Å². The van der Waals surface area contributed by atoms with Crippen LogP contribution in [0.25, 0.3) is 0 Å². The molecule has 0 aliphatic carbocycles. The number of rotatable bonds is 15. The van der Waals surface area contributed by atoms with Gasteiger partial charge in [0.05, 0.1) is 0 Å². The molecule has 0 atom stereocenters. The summed E-state index contributed by atoms with van der Waals surface area (Å²) in [6.07, 6.45) is 21.0. The molecular weight excluding hydrogens is 272 g/mol. The van der Waals surface area contributed by atoms with E-state index in [2.05, 4.69) is 38.7 Å². The molecule has 21 heavy (non-hydrogen) atoms. The first-order valence-corrected chi connectivity index (χ1v) is 12.8. The van der Waals surface area contributed by atoms with Crippen LogP contribution in [0.2, 0.25) is 19.6 Å². The minimum Gasteiger partial charge on any atom is -0.418 e. The summed E-state index contributed by atoms with van der Waals surface area (Å²) < 4.78 is 5.87. The highest BCUT2D eigenvalue weighted by Crippen LogP contribution is 2.10. The Balaban J connectivity index is 3.10. The first-order chi connectivity index (χ1) is 10.1. The quantitative estimate of drug-likeness (QED) is 0.178. The van der Waals surface area contributed by atoms with Gasteiger partial charge < -0.3 is 4.43 Å². The molecule has 0 unspecified atom stereocenters. The van der Waals surface area contributed by atoms with Crippen molar-refractivity contribution >= 4 is 8.32 Å². The van der Waals surface area contributed by atoms with E-state index in [0.717, 1.165) is 6.61 Å². The minimum atomic E-state index is -1.27. The third-order valence-corrected chi connectivity index (χ3v) is 4.76. The average molecular weight is 313 g/mol. The number of unbranched alkanes of at least 4 members (excludes halogenated alkanes) is 10. The van der Waals surface area contributed by atoms with Crippen LogP contribution in [0.4, 0.5) is 0 Å². The lowest BCUT2D eigenvalue weighted by molar-refractivity contribution is 0.298. The van der Waals surface area contributed by atoms with Crippen molar-refractivity contribution in [3.05, 3.63) is 12.2 Å². The second-order valence-corrected chi connectivity index (χ2v) is 11.7. The summed E-state index contributed by atoms with van der Waals surface area (Å²) in [7, 11) is -1.27. The van der Waals surface area contributed by atoms with Gasteiger partial charge in [0.25, 0.3) is 0 Å². The molecular formula is C19H40OSi. The van der Waals surface area contributed by atoms with E-state index < -0.39 is 8.32 Å². The van der Waals surface area contributed by atoms with Gasteiger partial charge in [-0.25, -0.2) is 0 Å². The Hall–Kier alpha value is -0.0831. The van der Waals surface area contributed by atoms with Crippen molar-refractivity contribution in [2.45, 2.75) is 104 Å². The number of hydrogen-bond donors (Lipinski definition) is 0. The monoisotopic (exact) mass is 312 g/mol. The third-order valence-electron chi connectivity index (χ3n) is 3.69. The highest BCUT2D eigenvalue weighted by Gasteiger charge is 2.12. The molecule has 126 valence electrons. The van der Waals surface area contributed by atoms with E-state index in [0.29, 0.717) is 0 Å². The molecule has 0 aromatic carbocycles. The van der Waals surface area contributed by atoms with Gasteiger partial charge in [0.1, 0.15) is 0 Å². The van der Waals surface area contributed by atoms with Crippen LogP contribution in [-0.2, 0) is 4.43 Å². The predicted molar refractivity (Wildman–Crippen MR) is 99.5 cm³/mol. The lowest BCUT2D eigenvalue weighted by atomic mass is 10.1. The summed E-state index contributed by atoms with van der Waals surface area (Å²) in [6, 6.07) is 0. The lowest BCUT2D eigenvalue weighted by Gasteiger charge is -2.16. The van der Waals surface area contributed by atoms with Crippen LogP contribution in [-0.4, -0.2) is 14.9 Å². The molecule has 0 saturated carbocycles. The number of allylic oxidation sites excluding steroid dienone is 2. The fourth-order valence-corrected chi connectivity index (χ4v) is 3.13. The van der Waals surface area contributed by atoms with Crippen molar-refractivity contribution in [2.75, 3.05) is 6.61 Å². The van der Waals surface area contributed by atoms with Crippen molar-refractivity contribution in [1.29, 1.82) is 0 Å². The van der Waals surface area contributed by atoms with Crippen molar-refractivity contribution in [3.8, 4) is 0 Å². The van der Waals surface area contributed by atoms with E-state index in [1.54, 1.807) is 0 Å². The summed E-state index contributed by atoms with van der Waals surface area (Å²) in [6.45, 7) is 10.1. The molecule has 1 nitrogen and oxygen atoms in total. The van der Waals surface area contributed by atoms with Gasteiger partial charge in [0.2, 0.25) is 0 Å². The van der Waals surface area contributed by atoms with Gasteiger partial charge in [0.15, 0.2) is 8.32 Å². The molecule has 0 radical (unpaired) electrons. The van der Waals surface area contributed by atoms with Gasteiger partial charge in [-0.05, 0) is 51.7 Å². The second-order valence-electron chi connectivity index (χ2n) is 7.19. The molecule has 0 aromatic heterocycles. The van der Waals surface area contributed by atoms with Crippen molar-refractivity contribution in [3.63, 3.8) is 0 Å². The van der Waals surface area contributed by atoms with Crippen molar-refractivity contribution < 1.29 is 4.43 Å². The van der Waals surface area contributed by atoms with Crippen LogP contribution < -0.4 is 0 Å². The Morgan fingerprint density at radius 3 is 1.67 bits per heavy atom. The van der Waals surface area contributed by atoms with Gasteiger partial charge in [0, 0.05) is 6.61 Å². The largest absolute Gasteiger partial charge is 0.418 e. The average Bonchev–Trinajstić information content (AvgIpc) is 2.42. The van der Waals surface area contributed by atoms with Crippen LogP contribution in [0.5, 0.6) is 0 Å². The minimum absolute atomic E-state index is 0.983. The van der Waals surface area contributed by atoms with Crippen LogP contribution in [0, 0.1) is 0 Å². The maximum atomic E-state index is 5.87. The topological polar surface area (TPSA) is 9.23 Å². The van der Waals surface area contributed by atoms with Gasteiger partial charge in [-0.2, -0.15) is 0 Å². The maximum absolute atomic E-state index is 5.87. The lowest BCUT2D eigenvalue weighted by Crippen LogP contribution is -2.25. The summed E-state index contributed by atoms with van der Waals surface area (Å²) in [5, 5.41) is 0. The van der Waals surface area contributed by atoms with Crippen LogP contribution in [0.15, 0.2) is 12.2 Å². The molecule has 0 fully saturated rings. The highest BCUT2D eigenvalue weighted by atomic mass is 28.4. The Labute approximate surface area is 135 Å². The normalized spacial score (nSPS) is 12.4. The Morgan fingerprint density at radius 1 is 0.667 bits per heavy atom. The summed E-state index contributed by atoms with van der Waals surface area (Å²) in [4.78, 5) is 0. The molecule has 0 rings (SSSR count). The van der Waals surface area contributed by atoms with Crippen LogP contribution in [0.3, 0.4) is 0 Å². The van der Waals surface area contributed by atoms with E-state index in [4.69, 9.17) is 4.43 Å². The molecule has 0 heterocycles. The second kappa shape index (κ2) is 14.8. The first-order valence-electron chi connectivity index (χ1n) is 9.35. The molecule has 0 spiro atoms. The van der Waals surface area contributed by atoms with Crippen LogP contribution >= 0.6 is 0 Å². The fourth-order valence-electron chi connectivity index (χ4n) is 2.37. The number of hydrogen-bond acceptors (Lipinski definition) is 1. The molecule has 0 aromatic rings. The van der Waals surface area contributed by atoms with E-state index in [1.807, 2.05) is 0 Å². The fraction of sp³-hybridized carbons (Fsp3) is 0.895. The molecule has 0 N–H and O–H groups in total. The van der Waals surface area contributed by atoms with Gasteiger partial charge >= 0.3 is 0 Å². The zero-order chi connectivity index (χ0) is 15.8. The Morgan fingerprint density at radius 2 is 1.14 bits per heavy atom. The Kier molecular flexibility index (Phi) is 14.8. The Bertz CT molecular complexity index is 230. The van der Waals surface area contributed by atoms with Crippen molar-refractivity contribution in [2.24, 2.45) is 0 Å². The summed E-state index contributed by atoms with van der Waals surface area (Å²) in [5.41, 5.74) is 0. The van der Waals surface area contributed by atoms with E-state index in [9.17, 15) is 0 Å². The van der Waals surface area contributed by atoms with E-state index in [-0.39, 0.29) is 0 Å². The molecule has 0 aliphatic heterocycles. The standard InChI is InChI=1S/C19H40OSi/c1-5-6-7-8-9-10-11-12-13-14-15-16-17-18-19-20-21(2,3)4/h10-11H,5-9,12-19H2,1-4H3/b11-10-. The molecule has 0 saturated heterocycles. The van der Waals surface area contributed by atoms with E-state index in [1.165, 1.54) is 77.0 Å². The molecule has 0 aliphatic rings. The molecule has 0 amide bonds. The summed E-state index contributed by atoms with van der Waals surface area (Å²) >= 11 is 0. The van der Waals surface area contributed by atoms with E-state index >= 15 is 0 Å². The third kappa shape index (κ3) is 19.9. The van der Waals surface area contributed by atoms with Gasteiger partial charge in [-0.15, -0.1) is 0 Å². The zero-order valence-electron chi connectivity index (χ0n) is 15.3. The smallest absolute Gasteiger partial charge is 0.183 e. The maximum Gasteiger partial charge on any atom is 0.183 e. The van der Waals surface area contributed by atoms with Gasteiger partial charge in [-0.3, -0.25) is 0 Å². The molecule has 2 heteroatoms. The van der Waals surface area contributed by atoms with Gasteiger partial charge in [-0.1, -0.05) is 64.0 Å². The first kappa shape index (κ1) is 20.9. The SMILES string of the molecule is CCCCCC/C=C\CCCCCCCCO[Si](C)(C)C.